The summed E-state index contributed by atoms with van der Waals surface area (Å²) < 4.78 is 16.1. The SMILES string of the molecule is CCc1oc(-c2cccc(OC)c2)nc1COCCl. The van der Waals surface area contributed by atoms with Crippen molar-refractivity contribution in [3.63, 3.8) is 0 Å². The maximum absolute atomic E-state index is 5.76. The summed E-state index contributed by atoms with van der Waals surface area (Å²) in [6, 6.07) is 7.74. The fourth-order valence-electron chi connectivity index (χ4n) is 1.79. The van der Waals surface area contributed by atoms with E-state index < -0.39 is 0 Å². The molecule has 0 atom stereocenters. The highest BCUT2D eigenvalue weighted by Gasteiger charge is 2.13. The van der Waals surface area contributed by atoms with Crippen molar-refractivity contribution in [3.05, 3.63) is 35.7 Å². The smallest absolute Gasteiger partial charge is 0.226 e. The van der Waals surface area contributed by atoms with Gasteiger partial charge in [-0.15, -0.1) is 0 Å². The minimum absolute atomic E-state index is 0.143. The zero-order valence-electron chi connectivity index (χ0n) is 11.0. The molecule has 1 aromatic heterocycles. The van der Waals surface area contributed by atoms with Crippen molar-refractivity contribution >= 4 is 11.6 Å². The summed E-state index contributed by atoms with van der Waals surface area (Å²) in [4.78, 5) is 4.46. The van der Waals surface area contributed by atoms with E-state index in [9.17, 15) is 0 Å². The van der Waals surface area contributed by atoms with E-state index in [1.807, 2.05) is 31.2 Å². The van der Waals surface area contributed by atoms with Gasteiger partial charge < -0.3 is 13.9 Å². The summed E-state index contributed by atoms with van der Waals surface area (Å²) in [6.07, 6.45) is 0.762. The quantitative estimate of drug-likeness (QED) is 0.759. The number of oxazole rings is 1. The average molecular weight is 282 g/mol. The molecule has 0 fully saturated rings. The van der Waals surface area contributed by atoms with Crippen LogP contribution in [0.5, 0.6) is 5.75 Å². The van der Waals surface area contributed by atoms with E-state index in [0.717, 1.165) is 29.2 Å². The van der Waals surface area contributed by atoms with Gasteiger partial charge >= 0.3 is 0 Å². The van der Waals surface area contributed by atoms with Gasteiger partial charge in [-0.3, -0.25) is 0 Å². The van der Waals surface area contributed by atoms with Crippen molar-refractivity contribution in [2.24, 2.45) is 0 Å². The number of benzene rings is 1. The third-order valence-electron chi connectivity index (χ3n) is 2.73. The number of halogens is 1. The Kier molecular flexibility index (Phi) is 4.82. The molecule has 0 bridgehead atoms. The normalized spacial score (nSPS) is 10.7. The molecule has 19 heavy (non-hydrogen) atoms. The Morgan fingerprint density at radius 1 is 1.37 bits per heavy atom. The lowest BCUT2D eigenvalue weighted by molar-refractivity contribution is 0.161. The minimum atomic E-state index is 0.143. The Balaban J connectivity index is 2.31. The minimum Gasteiger partial charge on any atom is -0.497 e. The van der Waals surface area contributed by atoms with Crippen LogP contribution in [-0.2, 0) is 17.8 Å². The highest BCUT2D eigenvalue weighted by atomic mass is 35.5. The van der Waals surface area contributed by atoms with Crippen LogP contribution < -0.4 is 4.74 Å². The summed E-state index contributed by atoms with van der Waals surface area (Å²) in [6.45, 7) is 2.38. The maximum Gasteiger partial charge on any atom is 0.226 e. The first-order valence-electron chi connectivity index (χ1n) is 6.05. The number of alkyl halides is 1. The molecule has 0 N–H and O–H groups in total. The fraction of sp³-hybridized carbons (Fsp3) is 0.357. The van der Waals surface area contributed by atoms with Crippen LogP contribution in [0.3, 0.4) is 0 Å². The topological polar surface area (TPSA) is 44.5 Å². The predicted octanol–water partition coefficient (Wildman–Crippen LogP) is 3.63. The van der Waals surface area contributed by atoms with Gasteiger partial charge in [-0.1, -0.05) is 24.6 Å². The number of rotatable bonds is 6. The van der Waals surface area contributed by atoms with Crippen molar-refractivity contribution in [1.82, 2.24) is 4.98 Å². The van der Waals surface area contributed by atoms with Crippen LogP contribution in [0.25, 0.3) is 11.5 Å². The third kappa shape index (κ3) is 3.28. The monoisotopic (exact) mass is 281 g/mol. The largest absolute Gasteiger partial charge is 0.497 e. The van der Waals surface area contributed by atoms with Crippen molar-refractivity contribution < 1.29 is 13.9 Å². The van der Waals surface area contributed by atoms with Crippen LogP contribution >= 0.6 is 11.6 Å². The van der Waals surface area contributed by atoms with E-state index in [1.54, 1.807) is 7.11 Å². The van der Waals surface area contributed by atoms with Crippen LogP contribution in [0.4, 0.5) is 0 Å². The molecule has 0 saturated heterocycles. The van der Waals surface area contributed by atoms with Gasteiger partial charge in [0.25, 0.3) is 0 Å². The Labute approximate surface area is 117 Å². The summed E-state index contributed by atoms with van der Waals surface area (Å²) in [5.41, 5.74) is 1.67. The number of aromatic nitrogens is 1. The van der Waals surface area contributed by atoms with E-state index in [0.29, 0.717) is 12.5 Å². The molecule has 0 aliphatic heterocycles. The van der Waals surface area contributed by atoms with Gasteiger partial charge in [0.15, 0.2) is 0 Å². The van der Waals surface area contributed by atoms with Gasteiger partial charge in [0, 0.05) is 12.0 Å². The molecule has 0 amide bonds. The molecule has 0 aliphatic rings. The summed E-state index contributed by atoms with van der Waals surface area (Å²) in [5, 5.41) is 0. The molecule has 5 heteroatoms. The number of hydrogen-bond donors (Lipinski definition) is 0. The molecule has 0 radical (unpaired) electrons. The lowest BCUT2D eigenvalue weighted by Crippen LogP contribution is -1.94. The summed E-state index contributed by atoms with van der Waals surface area (Å²) in [7, 11) is 1.63. The Morgan fingerprint density at radius 2 is 2.21 bits per heavy atom. The zero-order valence-corrected chi connectivity index (χ0v) is 11.7. The Bertz CT molecular complexity index is 539. The molecular weight excluding hydrogens is 266 g/mol. The second-order valence-electron chi connectivity index (χ2n) is 3.93. The summed E-state index contributed by atoms with van der Waals surface area (Å²) in [5.74, 6) is 2.17. The second-order valence-corrected chi connectivity index (χ2v) is 4.15. The zero-order chi connectivity index (χ0) is 13.7. The predicted molar refractivity (Wildman–Crippen MR) is 73.4 cm³/mol. The molecule has 2 aromatic rings. The first-order valence-corrected chi connectivity index (χ1v) is 6.58. The molecule has 0 spiro atoms. The van der Waals surface area contributed by atoms with Crippen molar-refractivity contribution in [3.8, 4) is 17.2 Å². The highest BCUT2D eigenvalue weighted by Crippen LogP contribution is 2.26. The van der Waals surface area contributed by atoms with Crippen LogP contribution in [0, 0.1) is 0 Å². The Hall–Kier alpha value is -1.52. The van der Waals surface area contributed by atoms with E-state index in [-0.39, 0.29) is 6.07 Å². The number of ether oxygens (including phenoxy) is 2. The molecule has 0 unspecified atom stereocenters. The lowest BCUT2D eigenvalue weighted by atomic mass is 10.2. The van der Waals surface area contributed by atoms with Crippen molar-refractivity contribution in [1.29, 1.82) is 0 Å². The number of aryl methyl sites for hydroxylation is 1. The van der Waals surface area contributed by atoms with Gasteiger partial charge in [-0.2, -0.15) is 0 Å². The molecule has 0 aliphatic carbocycles. The number of methoxy groups -OCH3 is 1. The van der Waals surface area contributed by atoms with Gasteiger partial charge in [0.1, 0.15) is 23.3 Å². The first-order chi connectivity index (χ1) is 9.28. The van der Waals surface area contributed by atoms with E-state index in [4.69, 9.17) is 25.5 Å². The van der Waals surface area contributed by atoms with Crippen LogP contribution in [-0.4, -0.2) is 18.2 Å². The van der Waals surface area contributed by atoms with Crippen molar-refractivity contribution in [2.45, 2.75) is 20.0 Å². The first kappa shape index (κ1) is 13.9. The van der Waals surface area contributed by atoms with Gasteiger partial charge in [0.2, 0.25) is 5.89 Å². The standard InChI is InChI=1S/C14H16ClNO3/c1-3-13-12(8-18-9-15)16-14(19-13)10-5-4-6-11(7-10)17-2/h4-7H,3,8-9H2,1-2H3. The van der Waals surface area contributed by atoms with Gasteiger partial charge in [0.05, 0.1) is 13.7 Å². The Morgan fingerprint density at radius 3 is 2.89 bits per heavy atom. The number of nitrogens with zero attached hydrogens (tertiary/aromatic N) is 1. The molecule has 102 valence electrons. The van der Waals surface area contributed by atoms with Crippen LogP contribution in [0.1, 0.15) is 18.4 Å². The van der Waals surface area contributed by atoms with E-state index >= 15 is 0 Å². The lowest BCUT2D eigenvalue weighted by Gasteiger charge is -2.00. The van der Waals surface area contributed by atoms with Gasteiger partial charge in [-0.25, -0.2) is 4.98 Å². The highest BCUT2D eigenvalue weighted by molar-refractivity contribution is 6.17. The van der Waals surface area contributed by atoms with Gasteiger partial charge in [-0.05, 0) is 18.2 Å². The second kappa shape index (κ2) is 6.59. The van der Waals surface area contributed by atoms with Crippen molar-refractivity contribution in [2.75, 3.05) is 13.2 Å². The van der Waals surface area contributed by atoms with E-state index in [2.05, 4.69) is 4.98 Å². The molecule has 4 nitrogen and oxygen atoms in total. The fourth-order valence-corrected chi connectivity index (χ4v) is 1.86. The molecule has 0 saturated carbocycles. The maximum atomic E-state index is 5.76. The molecule has 1 heterocycles. The van der Waals surface area contributed by atoms with E-state index in [1.165, 1.54) is 0 Å². The number of hydrogen-bond acceptors (Lipinski definition) is 4. The molecular formula is C14H16ClNO3. The summed E-state index contributed by atoms with van der Waals surface area (Å²) >= 11 is 5.51. The van der Waals surface area contributed by atoms with Crippen LogP contribution in [0.2, 0.25) is 0 Å². The average Bonchev–Trinajstić information content (AvgIpc) is 2.88. The third-order valence-corrected chi connectivity index (χ3v) is 2.89. The molecule has 1 aromatic carbocycles. The van der Waals surface area contributed by atoms with Crippen LogP contribution in [0.15, 0.2) is 28.7 Å². The molecule has 2 rings (SSSR count).